The van der Waals surface area contributed by atoms with Crippen LogP contribution in [0.25, 0.3) is 0 Å². The van der Waals surface area contributed by atoms with Gasteiger partial charge in [0.2, 0.25) is 6.79 Å². The fourth-order valence-electron chi connectivity index (χ4n) is 3.63. The summed E-state index contributed by atoms with van der Waals surface area (Å²) in [6.07, 6.45) is 4.00. The topological polar surface area (TPSA) is 69.5 Å². The quantitative estimate of drug-likeness (QED) is 0.767. The summed E-state index contributed by atoms with van der Waals surface area (Å²) in [7, 11) is 0. The third-order valence-electron chi connectivity index (χ3n) is 4.94. The number of carbonyl (C=O) groups is 1. The maximum atomic E-state index is 13.0. The van der Waals surface area contributed by atoms with Gasteiger partial charge in [0.25, 0.3) is 5.91 Å². The van der Waals surface area contributed by atoms with Gasteiger partial charge in [-0.15, -0.1) is 10.2 Å². The highest BCUT2D eigenvalue weighted by Gasteiger charge is 2.30. The van der Waals surface area contributed by atoms with E-state index in [0.29, 0.717) is 23.6 Å². The monoisotopic (exact) mass is 374 g/mol. The number of hydrogen-bond acceptors (Lipinski definition) is 6. The molecular formula is C18H22N4O3S. The van der Waals surface area contributed by atoms with E-state index in [9.17, 15) is 4.79 Å². The Bertz CT molecular complexity index is 823. The number of carbonyl (C=O) groups excluding carboxylic acids is 1. The van der Waals surface area contributed by atoms with Gasteiger partial charge in [0, 0.05) is 31.1 Å². The molecule has 26 heavy (non-hydrogen) atoms. The zero-order valence-electron chi connectivity index (χ0n) is 15.0. The van der Waals surface area contributed by atoms with Crippen LogP contribution in [0.2, 0.25) is 0 Å². The molecule has 7 nitrogen and oxygen atoms in total. The Kier molecular flexibility index (Phi) is 4.76. The molecule has 138 valence electrons. The van der Waals surface area contributed by atoms with Crippen molar-refractivity contribution in [1.82, 2.24) is 19.7 Å². The zero-order chi connectivity index (χ0) is 18.1. The molecule has 0 aliphatic carbocycles. The van der Waals surface area contributed by atoms with Crippen LogP contribution in [0.4, 0.5) is 0 Å². The van der Waals surface area contributed by atoms with E-state index >= 15 is 0 Å². The van der Waals surface area contributed by atoms with Gasteiger partial charge in [0.1, 0.15) is 5.82 Å². The molecule has 8 heteroatoms. The van der Waals surface area contributed by atoms with E-state index in [0.717, 1.165) is 36.9 Å². The molecule has 1 fully saturated rings. The lowest BCUT2D eigenvalue weighted by molar-refractivity contribution is 0.0702. The second-order valence-corrected chi connectivity index (χ2v) is 7.22. The molecule has 2 aliphatic heterocycles. The SMILES string of the molecule is CCn1c(SC)nnc1[C@@H]1CCCN(C(=O)c2ccc3c(c2)OCO3)C1. The van der Waals surface area contributed by atoms with E-state index in [1.54, 1.807) is 30.0 Å². The Hall–Kier alpha value is -2.22. The second kappa shape index (κ2) is 7.19. The van der Waals surface area contributed by atoms with Gasteiger partial charge in [-0.2, -0.15) is 0 Å². The molecule has 3 heterocycles. The van der Waals surface area contributed by atoms with Crippen molar-refractivity contribution in [2.75, 3.05) is 26.1 Å². The van der Waals surface area contributed by atoms with Crippen LogP contribution < -0.4 is 9.47 Å². The molecule has 1 saturated heterocycles. The van der Waals surface area contributed by atoms with E-state index in [1.807, 2.05) is 11.2 Å². The predicted molar refractivity (Wildman–Crippen MR) is 97.9 cm³/mol. The number of ether oxygens (including phenoxy) is 2. The smallest absolute Gasteiger partial charge is 0.254 e. The van der Waals surface area contributed by atoms with Crippen LogP contribution in [0.5, 0.6) is 11.5 Å². The molecule has 0 unspecified atom stereocenters. The van der Waals surface area contributed by atoms with Crippen LogP contribution in [0, 0.1) is 0 Å². The summed E-state index contributed by atoms with van der Waals surface area (Å²) < 4.78 is 12.9. The summed E-state index contributed by atoms with van der Waals surface area (Å²) in [5, 5.41) is 9.64. The summed E-state index contributed by atoms with van der Waals surface area (Å²) in [6, 6.07) is 5.38. The lowest BCUT2D eigenvalue weighted by atomic mass is 9.96. The van der Waals surface area contributed by atoms with Crippen LogP contribution in [-0.4, -0.2) is 51.7 Å². The minimum atomic E-state index is 0.0284. The maximum absolute atomic E-state index is 13.0. The van der Waals surface area contributed by atoms with Gasteiger partial charge in [-0.25, -0.2) is 0 Å². The molecule has 1 aromatic carbocycles. The van der Waals surface area contributed by atoms with Crippen LogP contribution in [0.1, 0.15) is 41.9 Å². The fraction of sp³-hybridized carbons (Fsp3) is 0.500. The van der Waals surface area contributed by atoms with Gasteiger partial charge in [0.05, 0.1) is 0 Å². The van der Waals surface area contributed by atoms with Crippen molar-refractivity contribution in [3.8, 4) is 11.5 Å². The van der Waals surface area contributed by atoms with Gasteiger partial charge in [0.15, 0.2) is 16.7 Å². The van der Waals surface area contributed by atoms with Crippen LogP contribution in [0.15, 0.2) is 23.4 Å². The fourth-order valence-corrected chi connectivity index (χ4v) is 4.20. The molecule has 0 spiro atoms. The van der Waals surface area contributed by atoms with E-state index in [2.05, 4.69) is 21.7 Å². The molecule has 2 aliphatic rings. The van der Waals surface area contributed by atoms with Crippen molar-refractivity contribution in [2.24, 2.45) is 0 Å². The zero-order valence-corrected chi connectivity index (χ0v) is 15.8. The summed E-state index contributed by atoms with van der Waals surface area (Å²) in [5.41, 5.74) is 0.636. The highest BCUT2D eigenvalue weighted by Crippen LogP contribution is 2.34. The number of benzene rings is 1. The first-order chi connectivity index (χ1) is 12.7. The third kappa shape index (κ3) is 3.02. The highest BCUT2D eigenvalue weighted by molar-refractivity contribution is 7.98. The minimum absolute atomic E-state index is 0.0284. The molecule has 0 radical (unpaired) electrons. The molecule has 0 bridgehead atoms. The van der Waals surface area contributed by atoms with Gasteiger partial charge in [-0.1, -0.05) is 11.8 Å². The minimum Gasteiger partial charge on any atom is -0.454 e. The lowest BCUT2D eigenvalue weighted by Gasteiger charge is -2.32. The first-order valence-electron chi connectivity index (χ1n) is 8.87. The lowest BCUT2D eigenvalue weighted by Crippen LogP contribution is -2.39. The number of amides is 1. The molecule has 1 amide bonds. The van der Waals surface area contributed by atoms with Crippen molar-refractivity contribution < 1.29 is 14.3 Å². The van der Waals surface area contributed by atoms with Crippen LogP contribution >= 0.6 is 11.8 Å². The summed E-state index contributed by atoms with van der Waals surface area (Å²) >= 11 is 1.60. The Morgan fingerprint density at radius 3 is 2.96 bits per heavy atom. The Morgan fingerprint density at radius 1 is 1.31 bits per heavy atom. The Labute approximate surface area is 156 Å². The summed E-state index contributed by atoms with van der Waals surface area (Å²) in [5.74, 6) is 2.56. The first kappa shape index (κ1) is 17.2. The van der Waals surface area contributed by atoms with Gasteiger partial charge >= 0.3 is 0 Å². The maximum Gasteiger partial charge on any atom is 0.254 e. The first-order valence-corrected chi connectivity index (χ1v) is 10.1. The van der Waals surface area contributed by atoms with Gasteiger partial charge in [-0.05, 0) is 44.2 Å². The number of fused-ring (bicyclic) bond motifs is 1. The van der Waals surface area contributed by atoms with Gasteiger partial charge in [-0.3, -0.25) is 4.79 Å². The largest absolute Gasteiger partial charge is 0.454 e. The molecule has 1 aromatic heterocycles. The van der Waals surface area contributed by atoms with Crippen molar-refractivity contribution >= 4 is 17.7 Å². The van der Waals surface area contributed by atoms with E-state index in [-0.39, 0.29) is 18.6 Å². The predicted octanol–water partition coefficient (Wildman–Crippen LogP) is 2.77. The molecule has 0 N–H and O–H groups in total. The standard InChI is InChI=1S/C18H22N4O3S/c1-3-22-16(19-20-18(22)26-2)13-5-4-8-21(10-13)17(23)12-6-7-14-15(9-12)25-11-24-14/h6-7,9,13H,3-5,8,10-11H2,1-2H3/t13-/m1/s1. The Balaban J connectivity index is 1.53. The number of hydrogen-bond donors (Lipinski definition) is 0. The van der Waals surface area contributed by atoms with E-state index in [1.165, 1.54) is 0 Å². The molecule has 1 atom stereocenters. The van der Waals surface area contributed by atoms with E-state index in [4.69, 9.17) is 9.47 Å². The van der Waals surface area contributed by atoms with Crippen molar-refractivity contribution in [2.45, 2.75) is 37.4 Å². The normalized spacial score (nSPS) is 19.0. The van der Waals surface area contributed by atoms with Crippen molar-refractivity contribution in [3.63, 3.8) is 0 Å². The van der Waals surface area contributed by atoms with Gasteiger partial charge < -0.3 is 18.9 Å². The average Bonchev–Trinajstić information content (AvgIpc) is 3.32. The molecular weight excluding hydrogens is 352 g/mol. The molecule has 0 saturated carbocycles. The molecule has 2 aromatic rings. The van der Waals surface area contributed by atoms with Crippen molar-refractivity contribution in [1.29, 1.82) is 0 Å². The van der Waals surface area contributed by atoms with Crippen molar-refractivity contribution in [3.05, 3.63) is 29.6 Å². The summed E-state index contributed by atoms with van der Waals surface area (Å²) in [6.45, 7) is 4.58. The number of aromatic nitrogens is 3. The number of thioether (sulfide) groups is 1. The van der Waals surface area contributed by atoms with Crippen LogP contribution in [0.3, 0.4) is 0 Å². The number of likely N-dealkylation sites (tertiary alicyclic amines) is 1. The van der Waals surface area contributed by atoms with Crippen LogP contribution in [-0.2, 0) is 6.54 Å². The van der Waals surface area contributed by atoms with E-state index < -0.39 is 0 Å². The number of piperidine rings is 1. The molecule has 4 rings (SSSR count). The average molecular weight is 374 g/mol. The summed E-state index contributed by atoms with van der Waals surface area (Å²) in [4.78, 5) is 14.9. The Morgan fingerprint density at radius 2 is 2.15 bits per heavy atom. The second-order valence-electron chi connectivity index (χ2n) is 6.45. The highest BCUT2D eigenvalue weighted by atomic mass is 32.2. The third-order valence-corrected chi connectivity index (χ3v) is 5.60. The number of rotatable bonds is 4. The number of nitrogens with zero attached hydrogens (tertiary/aromatic N) is 4.